The van der Waals surface area contributed by atoms with Crippen LogP contribution in [-0.4, -0.2) is 23.6 Å². The number of nitrogens with one attached hydrogen (secondary N) is 1. The number of para-hydroxylation sites is 1. The second kappa shape index (κ2) is 6.42. The van der Waals surface area contributed by atoms with Crippen LogP contribution < -0.4 is 15.8 Å². The molecule has 6 heteroatoms. The van der Waals surface area contributed by atoms with Gasteiger partial charge in [0.15, 0.2) is 6.61 Å². The lowest BCUT2D eigenvalue weighted by Gasteiger charge is -2.11. The lowest BCUT2D eigenvalue weighted by molar-refractivity contribution is -0.118. The van der Waals surface area contributed by atoms with Crippen LogP contribution in [-0.2, 0) is 4.79 Å². The Kier molecular flexibility index (Phi) is 4.40. The van der Waals surface area contributed by atoms with Crippen LogP contribution in [0.4, 0.5) is 11.4 Å². The fraction of sp³-hybridized carbons (Fsp3) is 0.0667. The van der Waals surface area contributed by atoms with Gasteiger partial charge in [0.25, 0.3) is 5.91 Å². The molecule has 2 rings (SSSR count). The molecular formula is C15H14N2O4. The van der Waals surface area contributed by atoms with E-state index >= 15 is 0 Å². The molecule has 6 nitrogen and oxygen atoms in total. The summed E-state index contributed by atoms with van der Waals surface area (Å²) in [5, 5.41) is 11.7. The lowest BCUT2D eigenvalue weighted by atomic mass is 10.1. The van der Waals surface area contributed by atoms with Gasteiger partial charge < -0.3 is 20.9 Å². The van der Waals surface area contributed by atoms with Gasteiger partial charge >= 0.3 is 5.97 Å². The number of carbonyl (C=O) groups excluding carboxylic acids is 1. The number of benzene rings is 2. The highest BCUT2D eigenvalue weighted by atomic mass is 16.5. The number of carboxylic acids is 1. The third-order valence-electron chi connectivity index (χ3n) is 2.69. The predicted molar refractivity (Wildman–Crippen MR) is 78.4 cm³/mol. The molecule has 0 heterocycles. The van der Waals surface area contributed by atoms with Gasteiger partial charge in [-0.3, -0.25) is 4.79 Å². The summed E-state index contributed by atoms with van der Waals surface area (Å²) < 4.78 is 5.24. The van der Waals surface area contributed by atoms with Gasteiger partial charge in [-0.15, -0.1) is 0 Å². The summed E-state index contributed by atoms with van der Waals surface area (Å²) in [6.45, 7) is -0.307. The fourth-order valence-electron chi connectivity index (χ4n) is 1.76. The zero-order valence-electron chi connectivity index (χ0n) is 11.1. The molecule has 2 aromatic rings. The summed E-state index contributed by atoms with van der Waals surface area (Å²) in [4.78, 5) is 22.9. The van der Waals surface area contributed by atoms with Gasteiger partial charge in [-0.25, -0.2) is 4.79 Å². The van der Waals surface area contributed by atoms with E-state index in [1.165, 1.54) is 12.1 Å². The largest absolute Gasteiger partial charge is 0.483 e. The molecular weight excluding hydrogens is 272 g/mol. The number of hydrogen-bond donors (Lipinski definition) is 3. The third kappa shape index (κ3) is 3.73. The molecule has 0 aliphatic carbocycles. The number of carbonyl (C=O) groups is 2. The number of rotatable bonds is 5. The second-order valence-electron chi connectivity index (χ2n) is 4.23. The van der Waals surface area contributed by atoms with Crippen LogP contribution in [0.1, 0.15) is 10.4 Å². The zero-order valence-corrected chi connectivity index (χ0v) is 11.1. The van der Waals surface area contributed by atoms with Crippen molar-refractivity contribution in [1.29, 1.82) is 0 Å². The van der Waals surface area contributed by atoms with Crippen LogP contribution >= 0.6 is 0 Å². The summed E-state index contributed by atoms with van der Waals surface area (Å²) in [7, 11) is 0. The van der Waals surface area contributed by atoms with Crippen molar-refractivity contribution in [3.63, 3.8) is 0 Å². The predicted octanol–water partition coefficient (Wildman–Crippen LogP) is 1.98. The minimum Gasteiger partial charge on any atom is -0.483 e. The highest BCUT2D eigenvalue weighted by molar-refractivity contribution is 5.97. The van der Waals surface area contributed by atoms with Crippen LogP contribution in [0.15, 0.2) is 48.5 Å². The molecule has 0 spiro atoms. The first kappa shape index (κ1) is 14.4. The molecule has 4 N–H and O–H groups in total. The average Bonchev–Trinajstić information content (AvgIpc) is 2.45. The topological polar surface area (TPSA) is 102 Å². The van der Waals surface area contributed by atoms with Crippen LogP contribution in [0.25, 0.3) is 0 Å². The van der Waals surface area contributed by atoms with Crippen molar-refractivity contribution in [2.75, 3.05) is 17.7 Å². The van der Waals surface area contributed by atoms with Crippen LogP contribution in [0.5, 0.6) is 5.75 Å². The van der Waals surface area contributed by atoms with Crippen molar-refractivity contribution in [3.8, 4) is 5.75 Å². The number of nitrogen functional groups attached to an aromatic ring is 1. The van der Waals surface area contributed by atoms with E-state index < -0.39 is 5.97 Å². The van der Waals surface area contributed by atoms with Crippen molar-refractivity contribution in [2.45, 2.75) is 0 Å². The number of amides is 1. The smallest absolute Gasteiger partial charge is 0.341 e. The van der Waals surface area contributed by atoms with Gasteiger partial charge in [0, 0.05) is 11.4 Å². The monoisotopic (exact) mass is 286 g/mol. The highest BCUT2D eigenvalue weighted by Gasteiger charge is 2.15. The quantitative estimate of drug-likeness (QED) is 0.729. The maximum absolute atomic E-state index is 11.7. The van der Waals surface area contributed by atoms with Gasteiger partial charge in [0.05, 0.1) is 0 Å². The lowest BCUT2D eigenvalue weighted by Crippen LogP contribution is -2.21. The zero-order chi connectivity index (χ0) is 15.2. The summed E-state index contributed by atoms with van der Waals surface area (Å²) in [5.74, 6) is -1.53. The van der Waals surface area contributed by atoms with Gasteiger partial charge in [0.1, 0.15) is 11.3 Å². The van der Waals surface area contributed by atoms with E-state index in [0.29, 0.717) is 5.69 Å². The first-order valence-electron chi connectivity index (χ1n) is 6.17. The van der Waals surface area contributed by atoms with Gasteiger partial charge in [0.2, 0.25) is 0 Å². The van der Waals surface area contributed by atoms with Gasteiger partial charge in [-0.1, -0.05) is 24.3 Å². The number of anilines is 2. The molecule has 2 aromatic carbocycles. The summed E-state index contributed by atoms with van der Waals surface area (Å²) >= 11 is 0. The van der Waals surface area contributed by atoms with Crippen LogP contribution in [0.2, 0.25) is 0 Å². The van der Waals surface area contributed by atoms with Crippen LogP contribution in [0.3, 0.4) is 0 Å². The Morgan fingerprint density at radius 1 is 1.10 bits per heavy atom. The molecule has 0 fully saturated rings. The summed E-state index contributed by atoms with van der Waals surface area (Å²) in [5.41, 5.74) is 6.17. The Balaban J connectivity index is 2.02. The molecule has 0 aliphatic heterocycles. The Labute approximate surface area is 121 Å². The third-order valence-corrected chi connectivity index (χ3v) is 2.69. The fourth-order valence-corrected chi connectivity index (χ4v) is 1.76. The van der Waals surface area contributed by atoms with E-state index in [4.69, 9.17) is 15.6 Å². The Bertz CT molecular complexity index is 656. The van der Waals surface area contributed by atoms with Crippen molar-refractivity contribution in [3.05, 3.63) is 54.1 Å². The second-order valence-corrected chi connectivity index (χ2v) is 4.23. The van der Waals surface area contributed by atoms with Crippen molar-refractivity contribution < 1.29 is 19.4 Å². The number of hydrogen-bond acceptors (Lipinski definition) is 4. The Hall–Kier alpha value is -3.02. The van der Waals surface area contributed by atoms with Gasteiger partial charge in [-0.05, 0) is 24.3 Å². The first-order chi connectivity index (χ1) is 10.1. The van der Waals surface area contributed by atoms with E-state index in [0.717, 1.165) is 0 Å². The molecule has 0 saturated heterocycles. The minimum absolute atomic E-state index is 0.0608. The number of ether oxygens (including phenoxy) is 1. The van der Waals surface area contributed by atoms with Gasteiger partial charge in [-0.2, -0.15) is 0 Å². The van der Waals surface area contributed by atoms with Crippen LogP contribution in [0, 0.1) is 0 Å². The highest BCUT2D eigenvalue weighted by Crippen LogP contribution is 2.24. The molecule has 0 aliphatic rings. The Morgan fingerprint density at radius 2 is 1.81 bits per heavy atom. The SMILES string of the molecule is Nc1cccc(OCC(=O)Nc2ccccc2)c1C(=O)O. The molecule has 0 atom stereocenters. The minimum atomic E-state index is -1.20. The van der Waals surface area contributed by atoms with E-state index in [9.17, 15) is 9.59 Å². The van der Waals surface area contributed by atoms with E-state index in [2.05, 4.69) is 5.32 Å². The molecule has 0 saturated carbocycles. The molecule has 0 unspecified atom stereocenters. The molecule has 1 amide bonds. The van der Waals surface area contributed by atoms with Crippen molar-refractivity contribution in [2.24, 2.45) is 0 Å². The standard InChI is InChI=1S/C15H14N2O4/c16-11-7-4-8-12(14(11)15(19)20)21-9-13(18)17-10-5-2-1-3-6-10/h1-8H,9,16H2,(H,17,18)(H,19,20). The molecule has 108 valence electrons. The molecule has 0 bridgehead atoms. The molecule has 0 aromatic heterocycles. The maximum atomic E-state index is 11.7. The number of aromatic carboxylic acids is 1. The van der Waals surface area contributed by atoms with E-state index in [1.807, 2.05) is 6.07 Å². The van der Waals surface area contributed by atoms with E-state index in [1.54, 1.807) is 30.3 Å². The number of nitrogens with two attached hydrogens (primary N) is 1. The normalized spacial score (nSPS) is 9.90. The maximum Gasteiger partial charge on any atom is 0.341 e. The van der Waals surface area contributed by atoms with Crippen molar-refractivity contribution in [1.82, 2.24) is 0 Å². The summed E-state index contributed by atoms with van der Waals surface area (Å²) in [6.07, 6.45) is 0. The molecule has 0 radical (unpaired) electrons. The Morgan fingerprint density at radius 3 is 2.48 bits per heavy atom. The number of carboxylic acid groups (broad SMARTS) is 1. The summed E-state index contributed by atoms with van der Waals surface area (Å²) in [6, 6.07) is 13.4. The molecule has 21 heavy (non-hydrogen) atoms. The van der Waals surface area contributed by atoms with Crippen molar-refractivity contribution >= 4 is 23.3 Å². The first-order valence-corrected chi connectivity index (χ1v) is 6.17. The average molecular weight is 286 g/mol. The van der Waals surface area contributed by atoms with E-state index in [-0.39, 0.29) is 29.5 Å².